The number of benzene rings is 3. The third-order valence-corrected chi connectivity index (χ3v) is 6.82. The minimum atomic E-state index is -1.20. The Labute approximate surface area is 218 Å². The molecule has 190 valence electrons. The van der Waals surface area contributed by atoms with Crippen molar-refractivity contribution in [3.63, 3.8) is 0 Å². The smallest absolute Gasteiger partial charge is 0.407 e. The van der Waals surface area contributed by atoms with Crippen LogP contribution in [0.2, 0.25) is 0 Å². The van der Waals surface area contributed by atoms with Crippen molar-refractivity contribution in [1.82, 2.24) is 10.3 Å². The summed E-state index contributed by atoms with van der Waals surface area (Å²) in [6, 6.07) is 25.7. The Morgan fingerprint density at radius 2 is 1.63 bits per heavy atom. The van der Waals surface area contributed by atoms with E-state index in [9.17, 15) is 14.7 Å². The zero-order valence-corrected chi connectivity index (χ0v) is 20.3. The Morgan fingerprint density at radius 1 is 0.921 bits per heavy atom. The van der Waals surface area contributed by atoms with Crippen molar-refractivity contribution in [2.45, 2.75) is 18.4 Å². The van der Waals surface area contributed by atoms with E-state index >= 15 is 0 Å². The maximum absolute atomic E-state index is 12.7. The van der Waals surface area contributed by atoms with E-state index in [4.69, 9.17) is 14.2 Å². The third kappa shape index (κ3) is 4.52. The van der Waals surface area contributed by atoms with Crippen LogP contribution in [0.5, 0.6) is 11.5 Å². The van der Waals surface area contributed by atoms with Crippen LogP contribution in [0.3, 0.4) is 0 Å². The maximum Gasteiger partial charge on any atom is 0.407 e. The molecule has 2 heterocycles. The Bertz CT molecular complexity index is 1490. The molecule has 1 amide bonds. The number of pyridine rings is 1. The second kappa shape index (κ2) is 9.89. The van der Waals surface area contributed by atoms with Gasteiger partial charge in [-0.05, 0) is 52.6 Å². The largest absolute Gasteiger partial charge is 0.480 e. The number of carbonyl (C=O) groups is 2. The van der Waals surface area contributed by atoms with E-state index in [0.717, 1.165) is 27.8 Å². The second-order valence-corrected chi connectivity index (χ2v) is 9.15. The third-order valence-electron chi connectivity index (χ3n) is 6.82. The summed E-state index contributed by atoms with van der Waals surface area (Å²) in [5.74, 6) is 0.0171. The van der Waals surface area contributed by atoms with Gasteiger partial charge in [0.05, 0.1) is 5.69 Å². The Morgan fingerprint density at radius 3 is 2.37 bits per heavy atom. The standard InChI is InChI=1S/C30H24N2O6/c33-29(34)26(15-19-6-5-11-25(31-19)18-12-13-27-28(14-18)38-17-37-27)32-30(35)36-16-24-22-9-3-1-7-20(22)21-8-2-4-10-23(21)24/h1-14,24,26H,15-17H2,(H,32,35)(H,33,34). The van der Waals surface area contributed by atoms with Crippen molar-refractivity contribution in [1.29, 1.82) is 0 Å². The number of ether oxygens (including phenoxy) is 3. The van der Waals surface area contributed by atoms with Gasteiger partial charge < -0.3 is 24.6 Å². The molecule has 1 aliphatic heterocycles. The highest BCUT2D eigenvalue weighted by Gasteiger charge is 2.30. The lowest BCUT2D eigenvalue weighted by Gasteiger charge is -2.17. The Hall–Kier alpha value is -4.85. The van der Waals surface area contributed by atoms with Crippen LogP contribution in [0.15, 0.2) is 84.9 Å². The van der Waals surface area contributed by atoms with Gasteiger partial charge in [0.1, 0.15) is 12.6 Å². The molecular formula is C30H24N2O6. The first-order valence-electron chi connectivity index (χ1n) is 12.3. The number of nitrogens with zero attached hydrogens (tertiary/aromatic N) is 1. The summed E-state index contributed by atoms with van der Waals surface area (Å²) < 4.78 is 16.3. The van der Waals surface area contributed by atoms with E-state index in [0.29, 0.717) is 22.9 Å². The van der Waals surface area contributed by atoms with Gasteiger partial charge in [-0.15, -0.1) is 0 Å². The molecule has 1 unspecified atom stereocenters. The lowest BCUT2D eigenvalue weighted by molar-refractivity contribution is -0.139. The minimum Gasteiger partial charge on any atom is -0.480 e. The molecule has 2 aliphatic rings. The summed E-state index contributed by atoms with van der Waals surface area (Å²) in [6.07, 6.45) is -0.788. The van der Waals surface area contributed by atoms with Crippen LogP contribution in [-0.4, -0.2) is 41.6 Å². The summed E-state index contributed by atoms with van der Waals surface area (Å²) in [5, 5.41) is 12.3. The zero-order chi connectivity index (χ0) is 26.1. The average molecular weight is 509 g/mol. The lowest BCUT2D eigenvalue weighted by Crippen LogP contribution is -2.43. The topological polar surface area (TPSA) is 107 Å². The molecule has 0 bridgehead atoms. The number of aromatic nitrogens is 1. The number of aliphatic carboxylic acids is 1. The van der Waals surface area contributed by atoms with E-state index in [1.165, 1.54) is 0 Å². The zero-order valence-electron chi connectivity index (χ0n) is 20.3. The number of fused-ring (bicyclic) bond motifs is 4. The van der Waals surface area contributed by atoms with Crippen molar-refractivity contribution >= 4 is 12.1 Å². The van der Waals surface area contributed by atoms with Gasteiger partial charge in [-0.1, -0.05) is 54.6 Å². The van der Waals surface area contributed by atoms with E-state index < -0.39 is 18.1 Å². The maximum atomic E-state index is 12.7. The molecule has 1 atom stereocenters. The monoisotopic (exact) mass is 508 g/mol. The quantitative estimate of drug-likeness (QED) is 0.361. The first kappa shape index (κ1) is 23.5. The van der Waals surface area contributed by atoms with Crippen LogP contribution in [0.1, 0.15) is 22.7 Å². The first-order chi connectivity index (χ1) is 18.6. The summed E-state index contributed by atoms with van der Waals surface area (Å²) in [4.78, 5) is 29.3. The van der Waals surface area contributed by atoms with Gasteiger partial charge in [-0.3, -0.25) is 4.98 Å². The van der Waals surface area contributed by atoms with Gasteiger partial charge in [-0.25, -0.2) is 9.59 Å². The molecule has 8 heteroatoms. The number of hydrogen-bond donors (Lipinski definition) is 2. The summed E-state index contributed by atoms with van der Waals surface area (Å²) >= 11 is 0. The van der Waals surface area contributed by atoms with Crippen molar-refractivity contribution in [2.75, 3.05) is 13.4 Å². The molecule has 2 N–H and O–H groups in total. The number of amides is 1. The summed E-state index contributed by atoms with van der Waals surface area (Å²) in [5.41, 5.74) is 6.40. The van der Waals surface area contributed by atoms with Crippen molar-refractivity contribution < 1.29 is 28.9 Å². The number of rotatable bonds is 7. The second-order valence-electron chi connectivity index (χ2n) is 9.15. The normalized spacial score (nSPS) is 13.9. The predicted molar refractivity (Wildman–Crippen MR) is 139 cm³/mol. The van der Waals surface area contributed by atoms with Crippen LogP contribution in [0.4, 0.5) is 4.79 Å². The number of nitrogens with one attached hydrogen (secondary N) is 1. The molecule has 38 heavy (non-hydrogen) atoms. The van der Waals surface area contributed by atoms with Crippen molar-refractivity contribution in [3.8, 4) is 33.9 Å². The number of alkyl carbamates (subject to hydrolysis) is 1. The number of hydrogen-bond acceptors (Lipinski definition) is 6. The van der Waals surface area contributed by atoms with Crippen LogP contribution in [-0.2, 0) is 16.0 Å². The van der Waals surface area contributed by atoms with Gasteiger partial charge in [0.25, 0.3) is 0 Å². The minimum absolute atomic E-state index is 0.00206. The molecule has 0 saturated heterocycles. The summed E-state index contributed by atoms with van der Waals surface area (Å²) in [6.45, 7) is 0.276. The fourth-order valence-corrected chi connectivity index (χ4v) is 5.00. The molecule has 8 nitrogen and oxygen atoms in total. The molecule has 0 spiro atoms. The van der Waals surface area contributed by atoms with Crippen LogP contribution >= 0.6 is 0 Å². The fourth-order valence-electron chi connectivity index (χ4n) is 5.00. The highest BCUT2D eigenvalue weighted by molar-refractivity contribution is 5.81. The molecular weight excluding hydrogens is 484 g/mol. The Balaban J connectivity index is 1.13. The number of carboxylic acids is 1. The molecule has 0 saturated carbocycles. The van der Waals surface area contributed by atoms with Crippen LogP contribution in [0, 0.1) is 0 Å². The fraction of sp³-hybridized carbons (Fsp3) is 0.167. The molecule has 1 aromatic heterocycles. The molecule has 6 rings (SSSR count). The van der Waals surface area contributed by atoms with Gasteiger partial charge in [0.2, 0.25) is 6.79 Å². The molecule has 0 fully saturated rings. The van der Waals surface area contributed by atoms with E-state index in [-0.39, 0.29) is 25.7 Å². The average Bonchev–Trinajstić information content (AvgIpc) is 3.54. The van der Waals surface area contributed by atoms with E-state index in [1.54, 1.807) is 12.1 Å². The lowest BCUT2D eigenvalue weighted by atomic mass is 9.98. The number of carbonyl (C=O) groups excluding carboxylic acids is 1. The van der Waals surface area contributed by atoms with Gasteiger partial charge >= 0.3 is 12.1 Å². The Kier molecular flexibility index (Phi) is 6.13. The SMILES string of the molecule is O=C(NC(Cc1cccc(-c2ccc3c(c2)OCO3)n1)C(=O)O)OCC1c2ccccc2-c2ccccc21. The van der Waals surface area contributed by atoms with Crippen LogP contribution < -0.4 is 14.8 Å². The van der Waals surface area contributed by atoms with Gasteiger partial charge in [0, 0.05) is 23.6 Å². The van der Waals surface area contributed by atoms with E-state index in [2.05, 4.69) is 22.4 Å². The molecule has 3 aromatic carbocycles. The predicted octanol–water partition coefficient (Wildman–Crippen LogP) is 5.01. The summed E-state index contributed by atoms with van der Waals surface area (Å²) in [7, 11) is 0. The van der Waals surface area contributed by atoms with Gasteiger partial charge in [-0.2, -0.15) is 0 Å². The first-order valence-corrected chi connectivity index (χ1v) is 12.3. The molecule has 1 aliphatic carbocycles. The van der Waals surface area contributed by atoms with Crippen molar-refractivity contribution in [3.05, 3.63) is 102 Å². The number of carboxylic acid groups (broad SMARTS) is 1. The molecule has 0 radical (unpaired) electrons. The highest BCUT2D eigenvalue weighted by Crippen LogP contribution is 2.44. The van der Waals surface area contributed by atoms with Gasteiger partial charge in [0.15, 0.2) is 11.5 Å². The molecule has 4 aromatic rings. The van der Waals surface area contributed by atoms with E-state index in [1.807, 2.05) is 60.7 Å². The van der Waals surface area contributed by atoms with Crippen LogP contribution in [0.25, 0.3) is 22.4 Å². The van der Waals surface area contributed by atoms with Crippen molar-refractivity contribution in [2.24, 2.45) is 0 Å². The highest BCUT2D eigenvalue weighted by atomic mass is 16.7.